The monoisotopic (exact) mass is 779 g/mol. The van der Waals surface area contributed by atoms with E-state index in [2.05, 4.69) is 225 Å². The predicted octanol–water partition coefficient (Wildman–Crippen LogP) is 16.7. The number of nitrogens with zero attached hydrogens (tertiary/aromatic N) is 1. The van der Waals surface area contributed by atoms with E-state index in [4.69, 9.17) is 4.42 Å². The van der Waals surface area contributed by atoms with Crippen molar-refractivity contribution >= 4 is 60.5 Å². The van der Waals surface area contributed by atoms with Gasteiger partial charge in [0.1, 0.15) is 11.2 Å². The predicted molar refractivity (Wildman–Crippen MR) is 257 cm³/mol. The fourth-order valence-corrected chi connectivity index (χ4v) is 9.87. The van der Waals surface area contributed by atoms with E-state index in [-0.39, 0.29) is 5.41 Å². The molecule has 0 bridgehead atoms. The Labute approximate surface area is 355 Å². The molecule has 0 atom stereocenters. The molecular formula is C59H41NO. The summed E-state index contributed by atoms with van der Waals surface area (Å²) in [7, 11) is 0. The van der Waals surface area contributed by atoms with Gasteiger partial charge in [0.2, 0.25) is 0 Å². The molecule has 61 heavy (non-hydrogen) atoms. The minimum Gasteiger partial charge on any atom is -0.455 e. The van der Waals surface area contributed by atoms with Crippen molar-refractivity contribution in [2.45, 2.75) is 19.3 Å². The lowest BCUT2D eigenvalue weighted by Crippen LogP contribution is -2.16. The number of benzene rings is 10. The molecule has 1 heterocycles. The smallest absolute Gasteiger partial charge is 0.143 e. The lowest BCUT2D eigenvalue weighted by Gasteiger charge is -2.28. The second-order valence-electron chi connectivity index (χ2n) is 16.9. The van der Waals surface area contributed by atoms with Gasteiger partial charge >= 0.3 is 0 Å². The maximum Gasteiger partial charge on any atom is 0.143 e. The summed E-state index contributed by atoms with van der Waals surface area (Å²) >= 11 is 0. The van der Waals surface area contributed by atoms with Crippen LogP contribution in [-0.4, -0.2) is 0 Å². The van der Waals surface area contributed by atoms with Crippen LogP contribution < -0.4 is 4.90 Å². The third-order valence-electron chi connectivity index (χ3n) is 13.1. The molecule has 1 aliphatic rings. The molecule has 0 amide bonds. The first-order valence-electron chi connectivity index (χ1n) is 21.2. The molecule has 2 nitrogen and oxygen atoms in total. The van der Waals surface area contributed by atoms with E-state index in [0.29, 0.717) is 0 Å². The standard InChI is InChI=1S/C59H41NO/c1-59(2)55-35-44(38-12-4-3-5-13-38)27-32-49(55)50-33-31-47(36-56(50)59)60(46-30-26-39-14-6-7-15-43(39)34-46)45-28-24-41(25-29-45)40-20-22-42(23-21-40)53-37-54-51-17-10-11-19-57(51)61-58(54)52-18-9-8-16-48(52)53/h3-37H,1-2H3. The fourth-order valence-electron chi connectivity index (χ4n) is 9.87. The zero-order valence-electron chi connectivity index (χ0n) is 34.1. The van der Waals surface area contributed by atoms with Crippen LogP contribution in [0, 0.1) is 0 Å². The Morgan fingerprint density at radius 2 is 0.885 bits per heavy atom. The molecule has 1 aromatic heterocycles. The zero-order valence-corrected chi connectivity index (χ0v) is 34.1. The Kier molecular flexibility index (Phi) is 7.92. The molecular weight excluding hydrogens is 739 g/mol. The van der Waals surface area contributed by atoms with Crippen LogP contribution in [0.5, 0.6) is 0 Å². The maximum atomic E-state index is 6.39. The van der Waals surface area contributed by atoms with Gasteiger partial charge in [-0.1, -0.05) is 172 Å². The van der Waals surface area contributed by atoms with Crippen LogP contribution in [0.2, 0.25) is 0 Å². The summed E-state index contributed by atoms with van der Waals surface area (Å²) in [6.07, 6.45) is 0. The van der Waals surface area contributed by atoms with Crippen molar-refractivity contribution in [2.24, 2.45) is 0 Å². The number of furan rings is 1. The summed E-state index contributed by atoms with van der Waals surface area (Å²) in [5.74, 6) is 0. The van der Waals surface area contributed by atoms with Crippen molar-refractivity contribution in [1.29, 1.82) is 0 Å². The summed E-state index contributed by atoms with van der Waals surface area (Å²) in [6, 6.07) is 77.5. The van der Waals surface area contributed by atoms with Gasteiger partial charge in [-0.15, -0.1) is 0 Å². The van der Waals surface area contributed by atoms with E-state index in [0.717, 1.165) is 44.4 Å². The molecule has 2 heteroatoms. The van der Waals surface area contributed by atoms with E-state index in [9.17, 15) is 0 Å². The lowest BCUT2D eigenvalue weighted by atomic mass is 9.81. The minimum atomic E-state index is -0.166. The van der Waals surface area contributed by atoms with Gasteiger partial charge in [-0.05, 0) is 126 Å². The van der Waals surface area contributed by atoms with Crippen molar-refractivity contribution in [3.05, 3.63) is 223 Å². The highest BCUT2D eigenvalue weighted by molar-refractivity contribution is 6.19. The van der Waals surface area contributed by atoms with Crippen LogP contribution in [0.4, 0.5) is 17.1 Å². The Balaban J connectivity index is 0.916. The molecule has 0 aliphatic heterocycles. The number of para-hydroxylation sites is 1. The van der Waals surface area contributed by atoms with Crippen LogP contribution in [0.1, 0.15) is 25.0 Å². The maximum absolute atomic E-state index is 6.39. The van der Waals surface area contributed by atoms with Crippen molar-refractivity contribution in [3.8, 4) is 44.5 Å². The Morgan fingerprint density at radius 1 is 0.344 bits per heavy atom. The summed E-state index contributed by atoms with van der Waals surface area (Å²) in [6.45, 7) is 4.74. The number of anilines is 3. The summed E-state index contributed by atoms with van der Waals surface area (Å²) in [5.41, 5.74) is 17.7. The van der Waals surface area contributed by atoms with Gasteiger partial charge in [0.15, 0.2) is 0 Å². The van der Waals surface area contributed by atoms with Gasteiger partial charge in [0, 0.05) is 38.6 Å². The second-order valence-corrected chi connectivity index (χ2v) is 16.9. The van der Waals surface area contributed by atoms with Crippen LogP contribution in [-0.2, 0) is 5.41 Å². The van der Waals surface area contributed by atoms with Gasteiger partial charge in [-0.25, -0.2) is 0 Å². The Morgan fingerprint density at radius 3 is 1.67 bits per heavy atom. The summed E-state index contributed by atoms with van der Waals surface area (Å²) in [5, 5.41) is 7.07. The molecule has 0 spiro atoms. The number of hydrogen-bond donors (Lipinski definition) is 0. The van der Waals surface area contributed by atoms with Crippen LogP contribution >= 0.6 is 0 Å². The normalized spacial score (nSPS) is 12.9. The molecule has 288 valence electrons. The first kappa shape index (κ1) is 35.3. The second kappa shape index (κ2) is 13.7. The van der Waals surface area contributed by atoms with Gasteiger partial charge in [-0.3, -0.25) is 0 Å². The van der Waals surface area contributed by atoms with Crippen molar-refractivity contribution in [2.75, 3.05) is 4.90 Å². The van der Waals surface area contributed by atoms with Crippen molar-refractivity contribution < 1.29 is 4.42 Å². The van der Waals surface area contributed by atoms with Gasteiger partial charge in [-0.2, -0.15) is 0 Å². The molecule has 10 aromatic carbocycles. The Bertz CT molecular complexity index is 3480. The Hall–Kier alpha value is -7.68. The SMILES string of the molecule is CC1(C)c2cc(-c3ccccc3)ccc2-c2ccc(N(c3ccc(-c4ccc(-c5cc6c7ccccc7oc6c6ccccc56)cc4)cc3)c3ccc4ccccc4c3)cc21. The molecule has 0 saturated heterocycles. The van der Waals surface area contributed by atoms with Crippen molar-refractivity contribution in [3.63, 3.8) is 0 Å². The average Bonchev–Trinajstić information content (AvgIpc) is 3.81. The van der Waals surface area contributed by atoms with Crippen LogP contribution in [0.15, 0.2) is 217 Å². The largest absolute Gasteiger partial charge is 0.455 e. The van der Waals surface area contributed by atoms with E-state index in [1.807, 2.05) is 6.07 Å². The van der Waals surface area contributed by atoms with E-state index in [1.54, 1.807) is 0 Å². The van der Waals surface area contributed by atoms with Gasteiger partial charge < -0.3 is 9.32 Å². The molecule has 0 fully saturated rings. The third kappa shape index (κ3) is 5.71. The first-order valence-corrected chi connectivity index (χ1v) is 21.2. The molecule has 12 rings (SSSR count). The van der Waals surface area contributed by atoms with Gasteiger partial charge in [0.25, 0.3) is 0 Å². The van der Waals surface area contributed by atoms with Crippen molar-refractivity contribution in [1.82, 2.24) is 0 Å². The molecule has 0 unspecified atom stereocenters. The highest BCUT2D eigenvalue weighted by Crippen LogP contribution is 2.52. The lowest BCUT2D eigenvalue weighted by molar-refractivity contribution is 0.660. The molecule has 1 aliphatic carbocycles. The quantitative estimate of drug-likeness (QED) is 0.167. The summed E-state index contributed by atoms with van der Waals surface area (Å²) in [4.78, 5) is 2.41. The third-order valence-corrected chi connectivity index (χ3v) is 13.1. The molecule has 11 aromatic rings. The number of rotatable bonds is 6. The van der Waals surface area contributed by atoms with E-state index in [1.165, 1.54) is 71.8 Å². The topological polar surface area (TPSA) is 16.4 Å². The van der Waals surface area contributed by atoms with E-state index >= 15 is 0 Å². The van der Waals surface area contributed by atoms with Gasteiger partial charge in [0.05, 0.1) is 0 Å². The highest BCUT2D eigenvalue weighted by atomic mass is 16.3. The highest BCUT2D eigenvalue weighted by Gasteiger charge is 2.36. The molecule has 0 saturated carbocycles. The zero-order chi connectivity index (χ0) is 40.7. The van der Waals surface area contributed by atoms with E-state index < -0.39 is 0 Å². The average molecular weight is 780 g/mol. The first-order chi connectivity index (χ1) is 30.0. The minimum absolute atomic E-state index is 0.166. The fraction of sp³-hybridized carbons (Fsp3) is 0.0508. The molecule has 0 radical (unpaired) electrons. The molecule has 0 N–H and O–H groups in total. The van der Waals surface area contributed by atoms with Crippen LogP contribution in [0.25, 0.3) is 88.0 Å². The number of hydrogen-bond acceptors (Lipinski definition) is 2. The number of fused-ring (bicyclic) bond motifs is 9. The summed E-state index contributed by atoms with van der Waals surface area (Å²) < 4.78 is 6.39. The van der Waals surface area contributed by atoms with Crippen LogP contribution in [0.3, 0.4) is 0 Å².